The number of rotatable bonds is 40. The second-order valence-electron chi connectivity index (χ2n) is 15.0. The molecule has 0 rings (SSSR count). The van der Waals surface area contributed by atoms with Crippen LogP contribution in [0.1, 0.15) is 213 Å². The van der Waals surface area contributed by atoms with Gasteiger partial charge in [-0.3, -0.25) is 9.59 Å². The van der Waals surface area contributed by atoms with Crippen molar-refractivity contribution in [1.82, 2.24) is 5.32 Å². The minimum atomic E-state index is -0.874. The van der Waals surface area contributed by atoms with Crippen LogP contribution in [0.2, 0.25) is 0 Å². The molecule has 0 radical (unpaired) electrons. The molecule has 0 saturated heterocycles. The van der Waals surface area contributed by atoms with E-state index in [-0.39, 0.29) is 18.5 Å². The molecule has 3 N–H and O–H groups in total. The number of carbonyl (C=O) groups is 2. The first kappa shape index (κ1) is 50.8. The van der Waals surface area contributed by atoms with Crippen molar-refractivity contribution < 1.29 is 24.5 Å². The van der Waals surface area contributed by atoms with Crippen molar-refractivity contribution in [1.29, 1.82) is 0 Å². The molecule has 0 fully saturated rings. The van der Waals surface area contributed by atoms with Gasteiger partial charge in [-0.05, 0) is 83.5 Å². The van der Waals surface area contributed by atoms with Crippen LogP contribution in [0.3, 0.4) is 0 Å². The number of ether oxygens (including phenoxy) is 1. The molecule has 0 bridgehead atoms. The average molecular weight is 744 g/mol. The van der Waals surface area contributed by atoms with Gasteiger partial charge in [-0.25, -0.2) is 0 Å². The largest absolute Gasteiger partial charge is 0.466 e. The number of aliphatic hydroxyl groups is 2. The molecule has 308 valence electrons. The standard InChI is InChI=1S/C47H85NO5/c1-3-5-7-9-11-13-15-16-17-18-19-20-21-25-29-33-37-41-47(52)53-42-38-34-30-26-22-24-28-32-36-40-46(51)48-44(43-49)45(50)39-35-31-27-23-14-12-10-8-6-4-2/h11,13,16-17,24,28,35,39,44-45,49-50H,3-10,12,14-15,18-23,25-27,29-34,36-38,40-43H2,1-2H3,(H,48,51)/b13-11-,17-16-,28-24-,39-35+. The Morgan fingerprint density at radius 3 is 1.53 bits per heavy atom. The number of hydrogen-bond donors (Lipinski definition) is 3. The number of hydrogen-bond acceptors (Lipinski definition) is 5. The molecule has 0 aliphatic heterocycles. The number of carbonyl (C=O) groups excluding carboxylic acids is 2. The zero-order valence-corrected chi connectivity index (χ0v) is 34.7. The molecule has 0 aromatic heterocycles. The first-order chi connectivity index (χ1) is 26.0. The minimum absolute atomic E-state index is 0.0477. The number of esters is 1. The number of aliphatic hydroxyl groups excluding tert-OH is 2. The third-order valence-electron chi connectivity index (χ3n) is 9.81. The molecule has 2 atom stereocenters. The molecule has 6 nitrogen and oxygen atoms in total. The minimum Gasteiger partial charge on any atom is -0.466 e. The van der Waals surface area contributed by atoms with E-state index in [1.807, 2.05) is 6.08 Å². The molecular weight excluding hydrogens is 659 g/mol. The molecule has 0 aromatic carbocycles. The average Bonchev–Trinajstić information content (AvgIpc) is 3.16. The van der Waals surface area contributed by atoms with Crippen LogP contribution in [-0.2, 0) is 14.3 Å². The van der Waals surface area contributed by atoms with Gasteiger partial charge in [0.05, 0.1) is 25.4 Å². The molecule has 0 heterocycles. The van der Waals surface area contributed by atoms with Gasteiger partial charge in [0, 0.05) is 12.8 Å². The summed E-state index contributed by atoms with van der Waals surface area (Å²) in [7, 11) is 0. The van der Waals surface area contributed by atoms with E-state index in [2.05, 4.69) is 55.6 Å². The lowest BCUT2D eigenvalue weighted by Gasteiger charge is -2.19. The highest BCUT2D eigenvalue weighted by molar-refractivity contribution is 5.76. The number of allylic oxidation sites excluding steroid dienone is 7. The summed E-state index contributed by atoms with van der Waals surface area (Å²) >= 11 is 0. The van der Waals surface area contributed by atoms with Crippen LogP contribution in [0.25, 0.3) is 0 Å². The lowest BCUT2D eigenvalue weighted by Crippen LogP contribution is -2.45. The van der Waals surface area contributed by atoms with Crippen molar-refractivity contribution in [2.45, 2.75) is 225 Å². The fourth-order valence-corrected chi connectivity index (χ4v) is 6.31. The Morgan fingerprint density at radius 1 is 0.528 bits per heavy atom. The van der Waals surface area contributed by atoms with E-state index in [4.69, 9.17) is 4.74 Å². The Labute approximate surface area is 327 Å². The summed E-state index contributed by atoms with van der Waals surface area (Å²) in [5.41, 5.74) is 0. The summed E-state index contributed by atoms with van der Waals surface area (Å²) < 4.78 is 5.42. The highest BCUT2D eigenvalue weighted by atomic mass is 16.5. The Kier molecular flexibility index (Phi) is 40.8. The van der Waals surface area contributed by atoms with E-state index in [1.54, 1.807) is 6.08 Å². The molecule has 1 amide bonds. The molecular formula is C47H85NO5. The monoisotopic (exact) mass is 744 g/mol. The van der Waals surface area contributed by atoms with Gasteiger partial charge >= 0.3 is 5.97 Å². The number of amides is 1. The zero-order chi connectivity index (χ0) is 38.7. The van der Waals surface area contributed by atoms with E-state index < -0.39 is 12.1 Å². The molecule has 0 saturated carbocycles. The first-order valence-corrected chi connectivity index (χ1v) is 22.4. The lowest BCUT2D eigenvalue weighted by molar-refractivity contribution is -0.143. The highest BCUT2D eigenvalue weighted by Gasteiger charge is 2.17. The van der Waals surface area contributed by atoms with Crippen molar-refractivity contribution in [3.05, 3.63) is 48.6 Å². The predicted octanol–water partition coefficient (Wildman–Crippen LogP) is 12.7. The summed E-state index contributed by atoms with van der Waals surface area (Å²) in [6.45, 7) is 4.73. The van der Waals surface area contributed by atoms with Crippen LogP contribution in [0.4, 0.5) is 0 Å². The van der Waals surface area contributed by atoms with Crippen LogP contribution in [-0.4, -0.2) is 47.4 Å². The van der Waals surface area contributed by atoms with Gasteiger partial charge in [0.1, 0.15) is 0 Å². The molecule has 53 heavy (non-hydrogen) atoms. The van der Waals surface area contributed by atoms with E-state index in [9.17, 15) is 19.8 Å². The van der Waals surface area contributed by atoms with Crippen molar-refractivity contribution in [2.75, 3.05) is 13.2 Å². The quantitative estimate of drug-likeness (QED) is 0.0330. The van der Waals surface area contributed by atoms with E-state index in [0.717, 1.165) is 77.0 Å². The number of nitrogens with one attached hydrogen (secondary N) is 1. The van der Waals surface area contributed by atoms with Gasteiger partial charge in [-0.1, -0.05) is 165 Å². The lowest BCUT2D eigenvalue weighted by atomic mass is 10.1. The van der Waals surface area contributed by atoms with Crippen LogP contribution in [0.5, 0.6) is 0 Å². The Bertz CT molecular complexity index is 911. The second kappa shape index (κ2) is 42.6. The summed E-state index contributed by atoms with van der Waals surface area (Å²) in [6, 6.07) is -0.665. The summed E-state index contributed by atoms with van der Waals surface area (Å²) in [6.07, 6.45) is 51.0. The van der Waals surface area contributed by atoms with Crippen LogP contribution in [0.15, 0.2) is 48.6 Å². The summed E-state index contributed by atoms with van der Waals surface area (Å²) in [5, 5.41) is 22.8. The van der Waals surface area contributed by atoms with Gasteiger partial charge in [-0.2, -0.15) is 0 Å². The van der Waals surface area contributed by atoms with Crippen LogP contribution in [0, 0.1) is 0 Å². The van der Waals surface area contributed by atoms with Gasteiger partial charge < -0.3 is 20.3 Å². The normalized spacial score (nSPS) is 13.2. The maximum Gasteiger partial charge on any atom is 0.305 e. The van der Waals surface area contributed by atoms with Crippen LogP contribution < -0.4 is 5.32 Å². The molecule has 6 heteroatoms. The second-order valence-corrected chi connectivity index (χ2v) is 15.0. The van der Waals surface area contributed by atoms with E-state index in [0.29, 0.717) is 19.4 Å². The van der Waals surface area contributed by atoms with E-state index >= 15 is 0 Å². The molecule has 0 spiro atoms. The molecule has 0 aliphatic carbocycles. The maximum absolute atomic E-state index is 12.3. The van der Waals surface area contributed by atoms with Gasteiger partial charge in [0.2, 0.25) is 5.91 Å². The van der Waals surface area contributed by atoms with Crippen molar-refractivity contribution in [3.8, 4) is 0 Å². The van der Waals surface area contributed by atoms with E-state index in [1.165, 1.54) is 109 Å². The van der Waals surface area contributed by atoms with Crippen molar-refractivity contribution in [2.24, 2.45) is 0 Å². The molecule has 2 unspecified atom stereocenters. The zero-order valence-electron chi connectivity index (χ0n) is 34.7. The van der Waals surface area contributed by atoms with Gasteiger partial charge in [-0.15, -0.1) is 0 Å². The Morgan fingerprint density at radius 2 is 0.962 bits per heavy atom. The van der Waals surface area contributed by atoms with Crippen LogP contribution >= 0.6 is 0 Å². The highest BCUT2D eigenvalue weighted by Crippen LogP contribution is 2.13. The predicted molar refractivity (Wildman–Crippen MR) is 227 cm³/mol. The Hall–Kier alpha value is -2.18. The van der Waals surface area contributed by atoms with Crippen molar-refractivity contribution >= 4 is 11.9 Å². The van der Waals surface area contributed by atoms with Gasteiger partial charge in [0.25, 0.3) is 0 Å². The van der Waals surface area contributed by atoms with Crippen molar-refractivity contribution in [3.63, 3.8) is 0 Å². The molecule has 0 aliphatic rings. The third-order valence-corrected chi connectivity index (χ3v) is 9.81. The first-order valence-electron chi connectivity index (χ1n) is 22.4. The Balaban J connectivity index is 3.58. The topological polar surface area (TPSA) is 95.9 Å². The smallest absolute Gasteiger partial charge is 0.305 e. The fourth-order valence-electron chi connectivity index (χ4n) is 6.31. The SMILES string of the molecule is CCCCC/C=C\C/C=C\CCCCCCCCCC(=O)OCCCCCC/C=C\CCCC(=O)NC(CO)C(O)/C=C/CCCCCCCCCC. The summed E-state index contributed by atoms with van der Waals surface area (Å²) in [4.78, 5) is 24.3. The molecule has 0 aromatic rings. The third kappa shape index (κ3) is 39.3. The maximum atomic E-state index is 12.3. The summed E-state index contributed by atoms with van der Waals surface area (Å²) in [5.74, 6) is -0.181. The number of unbranched alkanes of at least 4 members (excludes halogenated alkanes) is 23. The van der Waals surface area contributed by atoms with Gasteiger partial charge in [0.15, 0.2) is 0 Å². The fraction of sp³-hybridized carbons (Fsp3) is 0.787.